The summed E-state index contributed by atoms with van der Waals surface area (Å²) in [5.74, 6) is 0.786. The minimum atomic E-state index is -0.334. The van der Waals surface area contributed by atoms with Crippen molar-refractivity contribution in [3.63, 3.8) is 0 Å². The zero-order valence-electron chi connectivity index (χ0n) is 7.26. The van der Waals surface area contributed by atoms with Crippen molar-refractivity contribution < 1.29 is 9.53 Å². The summed E-state index contributed by atoms with van der Waals surface area (Å²) in [6, 6.07) is 5.34. The first-order valence-electron chi connectivity index (χ1n) is 3.72. The van der Waals surface area contributed by atoms with Gasteiger partial charge in [-0.2, -0.15) is 0 Å². The van der Waals surface area contributed by atoms with Crippen LogP contribution >= 0.6 is 54.5 Å². The molecule has 0 aromatic heterocycles. The molecule has 0 amide bonds. The second-order valence-corrected chi connectivity index (χ2v) is 6.74. The van der Waals surface area contributed by atoms with Crippen LogP contribution in [0.3, 0.4) is 0 Å². The van der Waals surface area contributed by atoms with Crippen molar-refractivity contribution in [2.45, 2.75) is 3.74 Å². The molecular formula is C9H7Br2IO2. The Morgan fingerprint density at radius 2 is 2.14 bits per heavy atom. The maximum absolute atomic E-state index is 11.6. The SMILES string of the molecule is COc1ccc(C(=O)C(Br)Br)cc1I. The average Bonchev–Trinajstić information content (AvgIpc) is 2.16. The molecule has 0 aliphatic heterocycles. The summed E-state index contributed by atoms with van der Waals surface area (Å²) in [6.07, 6.45) is 0. The van der Waals surface area contributed by atoms with Gasteiger partial charge < -0.3 is 4.74 Å². The van der Waals surface area contributed by atoms with Crippen LogP contribution in [0.15, 0.2) is 18.2 Å². The van der Waals surface area contributed by atoms with E-state index in [9.17, 15) is 4.79 Å². The first-order chi connectivity index (χ1) is 6.56. The Hall–Kier alpha value is 0.380. The molecular weight excluding hydrogens is 427 g/mol. The fraction of sp³-hybridized carbons (Fsp3) is 0.222. The molecule has 2 nitrogen and oxygen atoms in total. The summed E-state index contributed by atoms with van der Waals surface area (Å²) in [6.45, 7) is 0. The van der Waals surface area contributed by atoms with E-state index in [1.165, 1.54) is 0 Å². The molecule has 5 heteroatoms. The minimum Gasteiger partial charge on any atom is -0.496 e. The number of methoxy groups -OCH3 is 1. The molecule has 1 aromatic carbocycles. The van der Waals surface area contributed by atoms with Crippen molar-refractivity contribution >= 4 is 60.2 Å². The third-order valence-electron chi connectivity index (χ3n) is 1.63. The van der Waals surface area contributed by atoms with Gasteiger partial charge in [0.1, 0.15) is 9.49 Å². The van der Waals surface area contributed by atoms with Gasteiger partial charge in [0, 0.05) is 5.56 Å². The van der Waals surface area contributed by atoms with E-state index in [4.69, 9.17) is 4.74 Å². The van der Waals surface area contributed by atoms with Crippen LogP contribution in [-0.2, 0) is 0 Å². The van der Waals surface area contributed by atoms with E-state index in [0.29, 0.717) is 5.56 Å². The van der Waals surface area contributed by atoms with Crippen LogP contribution < -0.4 is 4.74 Å². The highest BCUT2D eigenvalue weighted by Gasteiger charge is 2.14. The lowest BCUT2D eigenvalue weighted by molar-refractivity contribution is 0.101. The molecule has 76 valence electrons. The third kappa shape index (κ3) is 2.93. The van der Waals surface area contributed by atoms with Crippen molar-refractivity contribution in [1.29, 1.82) is 0 Å². The smallest absolute Gasteiger partial charge is 0.187 e. The topological polar surface area (TPSA) is 26.3 Å². The first-order valence-corrected chi connectivity index (χ1v) is 6.63. The van der Waals surface area contributed by atoms with Crippen molar-refractivity contribution in [2.24, 2.45) is 0 Å². The highest BCUT2D eigenvalue weighted by atomic mass is 127. The Bertz CT molecular complexity index is 353. The van der Waals surface area contributed by atoms with Crippen LogP contribution in [0.4, 0.5) is 0 Å². The number of ether oxygens (including phenoxy) is 1. The number of Topliss-reactive ketones (excluding diaryl/α,β-unsaturated/α-hetero) is 1. The summed E-state index contributed by atoms with van der Waals surface area (Å²) in [5.41, 5.74) is 0.661. The highest BCUT2D eigenvalue weighted by Crippen LogP contribution is 2.24. The average molecular weight is 434 g/mol. The maximum atomic E-state index is 11.6. The van der Waals surface area contributed by atoms with Gasteiger partial charge >= 0.3 is 0 Å². The summed E-state index contributed by atoms with van der Waals surface area (Å²) in [7, 11) is 1.61. The van der Waals surface area contributed by atoms with Gasteiger partial charge in [-0.05, 0) is 40.8 Å². The lowest BCUT2D eigenvalue weighted by atomic mass is 10.1. The molecule has 0 heterocycles. The molecule has 14 heavy (non-hydrogen) atoms. The number of ketones is 1. The Labute approximate surface area is 113 Å². The van der Waals surface area contributed by atoms with Gasteiger partial charge in [-0.1, -0.05) is 31.9 Å². The molecule has 1 rings (SSSR count). The number of alkyl halides is 2. The van der Waals surface area contributed by atoms with E-state index >= 15 is 0 Å². The van der Waals surface area contributed by atoms with Crippen molar-refractivity contribution in [3.05, 3.63) is 27.3 Å². The van der Waals surface area contributed by atoms with E-state index in [2.05, 4.69) is 54.5 Å². The van der Waals surface area contributed by atoms with Crippen molar-refractivity contribution in [2.75, 3.05) is 7.11 Å². The second-order valence-electron chi connectivity index (χ2n) is 2.51. The van der Waals surface area contributed by atoms with Gasteiger partial charge in [-0.15, -0.1) is 0 Å². The van der Waals surface area contributed by atoms with Crippen molar-refractivity contribution in [1.82, 2.24) is 0 Å². The highest BCUT2D eigenvalue weighted by molar-refractivity contribution is 14.1. The van der Waals surface area contributed by atoms with E-state index in [0.717, 1.165) is 9.32 Å². The molecule has 0 fully saturated rings. The Balaban J connectivity index is 3.03. The zero-order chi connectivity index (χ0) is 10.7. The minimum absolute atomic E-state index is 0.00516. The molecule has 0 unspecified atom stereocenters. The standard InChI is InChI=1S/C9H7Br2IO2/c1-14-7-3-2-5(4-6(7)12)8(13)9(10)11/h2-4,9H,1H3. The lowest BCUT2D eigenvalue weighted by Crippen LogP contribution is -2.07. The van der Waals surface area contributed by atoms with E-state index in [1.54, 1.807) is 25.3 Å². The second kappa shape index (κ2) is 5.46. The Morgan fingerprint density at radius 1 is 1.50 bits per heavy atom. The normalized spacial score (nSPS) is 10.4. The predicted octanol–water partition coefficient (Wildman–Crippen LogP) is 3.60. The fourth-order valence-corrected chi connectivity index (χ4v) is 2.21. The number of benzene rings is 1. The Kier molecular flexibility index (Phi) is 4.86. The van der Waals surface area contributed by atoms with Crippen LogP contribution in [0.1, 0.15) is 10.4 Å². The van der Waals surface area contributed by atoms with Gasteiger partial charge in [0.05, 0.1) is 10.7 Å². The largest absolute Gasteiger partial charge is 0.496 e. The van der Waals surface area contributed by atoms with E-state index < -0.39 is 0 Å². The van der Waals surface area contributed by atoms with Gasteiger partial charge in [-0.3, -0.25) is 4.79 Å². The first kappa shape index (κ1) is 12.4. The van der Waals surface area contributed by atoms with E-state index in [-0.39, 0.29) is 9.52 Å². The number of halogens is 3. The van der Waals surface area contributed by atoms with Gasteiger partial charge in [-0.25, -0.2) is 0 Å². The van der Waals surface area contributed by atoms with Crippen LogP contribution in [0, 0.1) is 3.57 Å². The fourth-order valence-electron chi connectivity index (χ4n) is 0.946. The van der Waals surface area contributed by atoms with Gasteiger partial charge in [0.15, 0.2) is 5.78 Å². The van der Waals surface area contributed by atoms with Crippen LogP contribution in [-0.4, -0.2) is 16.6 Å². The summed E-state index contributed by atoms with van der Waals surface area (Å²) in [5, 5.41) is 0. The monoisotopic (exact) mass is 432 g/mol. The molecule has 0 atom stereocenters. The van der Waals surface area contributed by atoms with E-state index in [1.807, 2.05) is 0 Å². The van der Waals surface area contributed by atoms with Gasteiger partial charge in [0.2, 0.25) is 0 Å². The predicted molar refractivity (Wildman–Crippen MR) is 71.7 cm³/mol. The molecule has 0 spiro atoms. The van der Waals surface area contributed by atoms with Gasteiger partial charge in [0.25, 0.3) is 0 Å². The number of carbonyl (C=O) groups excluding carboxylic acids is 1. The quantitative estimate of drug-likeness (QED) is 0.413. The number of hydrogen-bond acceptors (Lipinski definition) is 2. The molecule has 0 aliphatic rings. The zero-order valence-corrected chi connectivity index (χ0v) is 12.6. The van der Waals surface area contributed by atoms with Crippen LogP contribution in [0.2, 0.25) is 0 Å². The number of rotatable bonds is 3. The molecule has 1 aromatic rings. The van der Waals surface area contributed by atoms with Crippen LogP contribution in [0.25, 0.3) is 0 Å². The molecule has 0 saturated carbocycles. The molecule has 0 saturated heterocycles. The molecule has 0 N–H and O–H groups in total. The molecule has 0 aliphatic carbocycles. The number of hydrogen-bond donors (Lipinski definition) is 0. The lowest BCUT2D eigenvalue weighted by Gasteiger charge is -2.06. The Morgan fingerprint density at radius 3 is 2.57 bits per heavy atom. The molecule has 0 bridgehead atoms. The molecule has 0 radical (unpaired) electrons. The van der Waals surface area contributed by atoms with Crippen LogP contribution in [0.5, 0.6) is 5.75 Å². The number of carbonyl (C=O) groups is 1. The summed E-state index contributed by atoms with van der Waals surface area (Å²) >= 11 is 8.48. The van der Waals surface area contributed by atoms with Crippen molar-refractivity contribution in [3.8, 4) is 5.75 Å². The third-order valence-corrected chi connectivity index (χ3v) is 3.31. The summed E-state index contributed by atoms with van der Waals surface area (Å²) < 4.78 is 5.69. The summed E-state index contributed by atoms with van der Waals surface area (Å²) in [4.78, 5) is 11.6. The maximum Gasteiger partial charge on any atom is 0.187 e.